The molecule has 4 fully saturated rings. The van der Waals surface area contributed by atoms with Crippen LogP contribution in [0.2, 0.25) is 0 Å². The third-order valence-electron chi connectivity index (χ3n) is 9.32. The van der Waals surface area contributed by atoms with Crippen molar-refractivity contribution in [1.29, 1.82) is 0 Å². The molecule has 0 spiro atoms. The second-order valence-electron chi connectivity index (χ2n) is 11.0. The number of ketones is 1. The average Bonchev–Trinajstić information content (AvgIpc) is 2.91. The summed E-state index contributed by atoms with van der Waals surface area (Å²) in [5.41, 5.74) is -0.727. The van der Waals surface area contributed by atoms with Gasteiger partial charge in [0.05, 0.1) is 0 Å². The van der Waals surface area contributed by atoms with Crippen molar-refractivity contribution in [3.05, 3.63) is 0 Å². The van der Waals surface area contributed by atoms with Crippen LogP contribution in [0.25, 0.3) is 0 Å². The predicted molar refractivity (Wildman–Crippen MR) is 114 cm³/mol. The number of esters is 3. The highest BCUT2D eigenvalue weighted by Gasteiger charge is 2.66. The zero-order valence-electron chi connectivity index (χ0n) is 19.8. The fraction of sp³-hybridized carbons (Fsp3) is 0.840. The van der Waals surface area contributed by atoms with Crippen LogP contribution < -0.4 is 0 Å². The highest BCUT2D eigenvalue weighted by atomic mass is 16.6. The van der Waals surface area contributed by atoms with Gasteiger partial charge in [0.2, 0.25) is 0 Å². The molecule has 0 radical (unpaired) electrons. The summed E-state index contributed by atoms with van der Waals surface area (Å²) in [6.07, 6.45) is 4.11. The van der Waals surface area contributed by atoms with Crippen molar-refractivity contribution in [2.75, 3.05) is 0 Å². The molecule has 4 rings (SSSR count). The van der Waals surface area contributed by atoms with E-state index in [0.717, 1.165) is 32.1 Å². The minimum atomic E-state index is -0.462. The van der Waals surface area contributed by atoms with Crippen LogP contribution in [0.1, 0.15) is 79.6 Å². The summed E-state index contributed by atoms with van der Waals surface area (Å²) in [5, 5.41) is 0. The fourth-order valence-electron chi connectivity index (χ4n) is 8.09. The van der Waals surface area contributed by atoms with Crippen molar-refractivity contribution >= 4 is 23.7 Å². The summed E-state index contributed by atoms with van der Waals surface area (Å²) < 4.78 is 17.1. The van der Waals surface area contributed by atoms with Crippen molar-refractivity contribution in [2.24, 2.45) is 34.5 Å². The van der Waals surface area contributed by atoms with E-state index in [1.807, 2.05) is 0 Å². The van der Waals surface area contributed by atoms with E-state index >= 15 is 0 Å². The van der Waals surface area contributed by atoms with Crippen molar-refractivity contribution in [3.8, 4) is 0 Å². The molecule has 4 saturated carbocycles. The monoisotopic (exact) mass is 448 g/mol. The number of carbonyl (C=O) groups is 4. The smallest absolute Gasteiger partial charge is 0.302 e. The number of hydrogen-bond acceptors (Lipinski definition) is 7. The lowest BCUT2D eigenvalue weighted by Gasteiger charge is -2.62. The Labute approximate surface area is 189 Å². The Morgan fingerprint density at radius 1 is 0.875 bits per heavy atom. The first-order valence-electron chi connectivity index (χ1n) is 12.0. The molecule has 0 aromatic rings. The Morgan fingerprint density at radius 3 is 2.16 bits per heavy atom. The van der Waals surface area contributed by atoms with Gasteiger partial charge in [0.15, 0.2) is 0 Å². The summed E-state index contributed by atoms with van der Waals surface area (Å²) in [6, 6.07) is 0. The van der Waals surface area contributed by atoms with Crippen molar-refractivity contribution in [2.45, 2.75) is 97.9 Å². The number of Topliss-reactive ketones (excluding diaryl/α,β-unsaturated/α-hetero) is 1. The average molecular weight is 449 g/mol. The zero-order valence-corrected chi connectivity index (χ0v) is 19.8. The normalized spacial score (nSPS) is 45.2. The van der Waals surface area contributed by atoms with Gasteiger partial charge in [0.1, 0.15) is 24.1 Å². The lowest BCUT2D eigenvalue weighted by molar-refractivity contribution is -0.209. The first-order valence-corrected chi connectivity index (χ1v) is 12.0. The van der Waals surface area contributed by atoms with Gasteiger partial charge in [-0.25, -0.2) is 0 Å². The molecule has 4 aliphatic carbocycles. The molecule has 4 aliphatic rings. The molecule has 0 aromatic heterocycles. The summed E-state index contributed by atoms with van der Waals surface area (Å²) in [4.78, 5) is 48.5. The molecule has 0 unspecified atom stereocenters. The maximum Gasteiger partial charge on any atom is 0.302 e. The van der Waals surface area contributed by atoms with Crippen molar-refractivity contribution in [3.63, 3.8) is 0 Å². The van der Waals surface area contributed by atoms with Gasteiger partial charge in [0.25, 0.3) is 0 Å². The number of carbonyl (C=O) groups excluding carboxylic acids is 4. The lowest BCUT2D eigenvalue weighted by atomic mass is 9.44. The van der Waals surface area contributed by atoms with Crippen LogP contribution in [-0.4, -0.2) is 42.0 Å². The zero-order chi connectivity index (χ0) is 23.4. The molecule has 32 heavy (non-hydrogen) atoms. The SMILES string of the molecule is CC(=O)O[C@H]1C[C@@H]2CC[C@@H]3[C@@H]4[C@@H](OC(C)=O)CC(=O)[C@]4(C)CC[C@H]3[C@]2(C)[C@H](OC(C)=O)C1. The molecule has 0 heterocycles. The number of hydrogen-bond donors (Lipinski definition) is 0. The number of ether oxygens (including phenoxy) is 3. The van der Waals surface area contributed by atoms with E-state index in [0.29, 0.717) is 12.8 Å². The highest BCUT2D eigenvalue weighted by Crippen LogP contribution is 2.66. The topological polar surface area (TPSA) is 96.0 Å². The van der Waals surface area contributed by atoms with Gasteiger partial charge >= 0.3 is 17.9 Å². The first-order chi connectivity index (χ1) is 15.0. The molecular weight excluding hydrogens is 412 g/mol. The largest absolute Gasteiger partial charge is 0.462 e. The molecular formula is C25H36O7. The van der Waals surface area contributed by atoms with Crippen LogP contribution >= 0.6 is 0 Å². The fourth-order valence-corrected chi connectivity index (χ4v) is 8.09. The standard InChI is InChI=1S/C25H36O7/c1-13(26)30-17-10-16-6-7-18-19(25(16,5)22(11-17)32-15(3)28)8-9-24(4)21(29)12-20(23(18)24)31-14(2)27/h16-20,22-23H,6-12H2,1-5H3/t16-,17-,18-,19+,20-,22+,23+,24-,25+/m0/s1. The van der Waals surface area contributed by atoms with Crippen LogP contribution in [-0.2, 0) is 33.4 Å². The Kier molecular flexibility index (Phi) is 5.91. The molecule has 178 valence electrons. The van der Waals surface area contributed by atoms with E-state index in [9.17, 15) is 19.2 Å². The second-order valence-corrected chi connectivity index (χ2v) is 11.0. The summed E-state index contributed by atoms with van der Waals surface area (Å²) in [7, 11) is 0. The van der Waals surface area contributed by atoms with Crippen LogP contribution in [0.15, 0.2) is 0 Å². The quantitative estimate of drug-likeness (QED) is 0.481. The maximum absolute atomic E-state index is 13.0. The summed E-state index contributed by atoms with van der Waals surface area (Å²) in [5.74, 6) is -0.0196. The molecule has 0 bridgehead atoms. The number of rotatable bonds is 3. The Hall–Kier alpha value is -1.92. The van der Waals surface area contributed by atoms with Crippen molar-refractivity contribution in [1.82, 2.24) is 0 Å². The van der Waals surface area contributed by atoms with Gasteiger partial charge < -0.3 is 14.2 Å². The third-order valence-corrected chi connectivity index (χ3v) is 9.32. The molecule has 9 atom stereocenters. The Balaban J connectivity index is 1.68. The van der Waals surface area contributed by atoms with Crippen LogP contribution in [0.5, 0.6) is 0 Å². The van der Waals surface area contributed by atoms with Gasteiger partial charge in [-0.15, -0.1) is 0 Å². The van der Waals surface area contributed by atoms with E-state index < -0.39 is 5.41 Å². The molecule has 0 aliphatic heterocycles. The summed E-state index contributed by atoms with van der Waals surface area (Å²) >= 11 is 0. The molecule has 0 N–H and O–H groups in total. The van der Waals surface area contributed by atoms with Gasteiger partial charge in [-0.1, -0.05) is 13.8 Å². The third kappa shape index (κ3) is 3.65. The van der Waals surface area contributed by atoms with Gasteiger partial charge in [-0.2, -0.15) is 0 Å². The second kappa shape index (κ2) is 8.14. The van der Waals surface area contributed by atoms with E-state index in [1.165, 1.54) is 20.8 Å². The number of fused-ring (bicyclic) bond motifs is 5. The lowest BCUT2D eigenvalue weighted by Crippen LogP contribution is -2.61. The minimum absolute atomic E-state index is 0.000374. The minimum Gasteiger partial charge on any atom is -0.462 e. The van der Waals surface area contributed by atoms with Crippen LogP contribution in [0.4, 0.5) is 0 Å². The molecule has 0 amide bonds. The van der Waals surface area contributed by atoms with E-state index in [1.54, 1.807) is 0 Å². The predicted octanol–water partition coefficient (Wildman–Crippen LogP) is 3.61. The van der Waals surface area contributed by atoms with E-state index in [-0.39, 0.29) is 71.1 Å². The highest BCUT2D eigenvalue weighted by molar-refractivity contribution is 5.88. The Bertz CT molecular complexity index is 821. The van der Waals surface area contributed by atoms with Crippen LogP contribution in [0, 0.1) is 34.5 Å². The Morgan fingerprint density at radius 2 is 1.53 bits per heavy atom. The van der Waals surface area contributed by atoms with Gasteiger partial charge in [-0.3, -0.25) is 19.2 Å². The van der Waals surface area contributed by atoms with Gasteiger partial charge in [0, 0.05) is 50.4 Å². The van der Waals surface area contributed by atoms with E-state index in [2.05, 4.69) is 13.8 Å². The van der Waals surface area contributed by atoms with Crippen molar-refractivity contribution < 1.29 is 33.4 Å². The maximum atomic E-state index is 13.0. The van der Waals surface area contributed by atoms with Gasteiger partial charge in [-0.05, 0) is 49.9 Å². The van der Waals surface area contributed by atoms with Crippen LogP contribution in [0.3, 0.4) is 0 Å². The summed E-state index contributed by atoms with van der Waals surface area (Å²) in [6.45, 7) is 8.53. The molecule has 7 nitrogen and oxygen atoms in total. The first kappa shape index (κ1) is 23.2. The molecule has 0 saturated heterocycles. The van der Waals surface area contributed by atoms with E-state index in [4.69, 9.17) is 14.2 Å². The molecule has 0 aromatic carbocycles. The molecule has 7 heteroatoms.